The lowest BCUT2D eigenvalue weighted by Crippen LogP contribution is -2.54. The summed E-state index contributed by atoms with van der Waals surface area (Å²) >= 11 is 0. The molecule has 0 aromatic heterocycles. The van der Waals surface area contributed by atoms with Crippen molar-refractivity contribution in [3.8, 4) is 0 Å². The Morgan fingerprint density at radius 1 is 1.21 bits per heavy atom. The Balaban J connectivity index is 2.46. The zero-order valence-electron chi connectivity index (χ0n) is 12.1. The van der Waals surface area contributed by atoms with Crippen molar-refractivity contribution in [1.29, 1.82) is 0 Å². The van der Waals surface area contributed by atoms with Gasteiger partial charge in [-0.15, -0.1) is 0 Å². The first kappa shape index (κ1) is 15.8. The normalized spacial score (nSPS) is 18.4. The third kappa shape index (κ3) is 5.06. The van der Waals surface area contributed by atoms with Crippen LogP contribution in [0.3, 0.4) is 0 Å². The van der Waals surface area contributed by atoms with Crippen molar-refractivity contribution in [2.75, 3.05) is 32.7 Å². The van der Waals surface area contributed by atoms with E-state index in [0.29, 0.717) is 19.5 Å². The molecule has 1 atom stereocenters. The maximum atomic E-state index is 12.0. The molecule has 1 unspecified atom stereocenters. The Labute approximate surface area is 114 Å². The van der Waals surface area contributed by atoms with Crippen molar-refractivity contribution < 1.29 is 14.7 Å². The second kappa shape index (κ2) is 7.33. The summed E-state index contributed by atoms with van der Waals surface area (Å²) in [5.41, 5.74) is 0. The van der Waals surface area contributed by atoms with E-state index in [-0.39, 0.29) is 11.9 Å². The number of carbonyl (C=O) groups excluding carboxylic acids is 1. The molecule has 1 rings (SSSR count). The Hall–Kier alpha value is -1.30. The maximum Gasteiger partial charge on any atom is 0.326 e. The fraction of sp³-hybridized carbons (Fsp3) is 0.846. The fourth-order valence-corrected chi connectivity index (χ4v) is 2.20. The number of hydrogen-bond donors (Lipinski definition) is 2. The number of amides is 2. The molecule has 2 amide bonds. The molecular formula is C13H25N3O3. The predicted octanol–water partition coefficient (Wildman–Crippen LogP) is 0.833. The largest absolute Gasteiger partial charge is 0.480 e. The van der Waals surface area contributed by atoms with E-state index >= 15 is 0 Å². The second-order valence-corrected chi connectivity index (χ2v) is 5.39. The highest BCUT2D eigenvalue weighted by molar-refractivity contribution is 5.82. The molecule has 1 aliphatic heterocycles. The Morgan fingerprint density at radius 2 is 1.79 bits per heavy atom. The highest BCUT2D eigenvalue weighted by atomic mass is 16.4. The quantitative estimate of drug-likeness (QED) is 0.777. The third-order valence-corrected chi connectivity index (χ3v) is 3.41. The Bertz CT molecular complexity index is 312. The van der Waals surface area contributed by atoms with E-state index in [1.807, 2.05) is 13.8 Å². The number of nitrogens with one attached hydrogen (secondary N) is 1. The topological polar surface area (TPSA) is 72.9 Å². The minimum atomic E-state index is -0.964. The highest BCUT2D eigenvalue weighted by Gasteiger charge is 2.25. The number of likely N-dealkylation sites (N-methyl/N-ethyl adjacent to an activating group) is 1. The van der Waals surface area contributed by atoms with Gasteiger partial charge in [-0.25, -0.2) is 9.59 Å². The summed E-state index contributed by atoms with van der Waals surface area (Å²) in [5, 5.41) is 11.7. The number of carboxylic acids is 1. The number of nitrogens with zero attached hydrogens (tertiary/aromatic N) is 2. The van der Waals surface area contributed by atoms with Gasteiger partial charge >= 0.3 is 12.0 Å². The minimum absolute atomic E-state index is 0.235. The van der Waals surface area contributed by atoms with Gasteiger partial charge in [0.25, 0.3) is 0 Å². The minimum Gasteiger partial charge on any atom is -0.480 e. The second-order valence-electron chi connectivity index (χ2n) is 5.39. The molecular weight excluding hydrogens is 246 g/mol. The molecule has 0 aliphatic carbocycles. The molecule has 0 spiro atoms. The van der Waals surface area contributed by atoms with Crippen LogP contribution in [0.4, 0.5) is 4.79 Å². The third-order valence-electron chi connectivity index (χ3n) is 3.41. The van der Waals surface area contributed by atoms with Gasteiger partial charge in [0.15, 0.2) is 0 Å². The van der Waals surface area contributed by atoms with Gasteiger partial charge in [0.2, 0.25) is 0 Å². The SMILES string of the molecule is CCN1CCN(C(=O)NC(CC(C)C)C(=O)O)CC1. The number of urea groups is 1. The first-order valence-electron chi connectivity index (χ1n) is 6.94. The van der Waals surface area contributed by atoms with Gasteiger partial charge in [0.05, 0.1) is 0 Å². The van der Waals surface area contributed by atoms with Crippen LogP contribution in [0, 0.1) is 5.92 Å². The van der Waals surface area contributed by atoms with Crippen LogP contribution in [-0.2, 0) is 4.79 Å². The lowest BCUT2D eigenvalue weighted by molar-refractivity contribution is -0.139. The Morgan fingerprint density at radius 3 is 2.21 bits per heavy atom. The van der Waals surface area contributed by atoms with Crippen LogP contribution >= 0.6 is 0 Å². The number of rotatable bonds is 5. The van der Waals surface area contributed by atoms with Crippen LogP contribution in [0.1, 0.15) is 27.2 Å². The van der Waals surface area contributed by atoms with E-state index in [1.165, 1.54) is 0 Å². The van der Waals surface area contributed by atoms with Crippen molar-refractivity contribution in [2.24, 2.45) is 5.92 Å². The molecule has 0 aromatic carbocycles. The van der Waals surface area contributed by atoms with E-state index in [2.05, 4.69) is 17.1 Å². The number of piperazine rings is 1. The molecule has 6 heteroatoms. The zero-order chi connectivity index (χ0) is 14.4. The summed E-state index contributed by atoms with van der Waals surface area (Å²) in [7, 11) is 0. The van der Waals surface area contributed by atoms with Crippen LogP contribution in [0.2, 0.25) is 0 Å². The van der Waals surface area contributed by atoms with Crippen molar-refractivity contribution in [2.45, 2.75) is 33.2 Å². The first-order chi connectivity index (χ1) is 8.93. The molecule has 6 nitrogen and oxygen atoms in total. The van der Waals surface area contributed by atoms with Gasteiger partial charge in [-0.1, -0.05) is 20.8 Å². The van der Waals surface area contributed by atoms with Crippen LogP contribution in [0.15, 0.2) is 0 Å². The molecule has 1 aliphatic rings. The van der Waals surface area contributed by atoms with Crippen molar-refractivity contribution >= 4 is 12.0 Å². The van der Waals surface area contributed by atoms with Gasteiger partial charge < -0.3 is 20.2 Å². The van der Waals surface area contributed by atoms with Gasteiger partial charge in [0, 0.05) is 26.2 Å². The first-order valence-corrected chi connectivity index (χ1v) is 6.94. The molecule has 0 aromatic rings. The monoisotopic (exact) mass is 271 g/mol. The molecule has 19 heavy (non-hydrogen) atoms. The van der Waals surface area contributed by atoms with Crippen LogP contribution in [0.25, 0.3) is 0 Å². The lowest BCUT2D eigenvalue weighted by Gasteiger charge is -2.34. The standard InChI is InChI=1S/C13H25N3O3/c1-4-15-5-7-16(8-6-15)13(19)14-11(12(17)18)9-10(2)3/h10-11H,4-9H2,1-3H3,(H,14,19)(H,17,18). The number of aliphatic carboxylic acids is 1. The molecule has 0 radical (unpaired) electrons. The molecule has 110 valence electrons. The molecule has 2 N–H and O–H groups in total. The van der Waals surface area contributed by atoms with Crippen molar-refractivity contribution in [1.82, 2.24) is 15.1 Å². The molecule has 0 saturated carbocycles. The zero-order valence-corrected chi connectivity index (χ0v) is 12.1. The number of hydrogen-bond acceptors (Lipinski definition) is 3. The summed E-state index contributed by atoms with van der Waals surface area (Å²) in [5.74, 6) is -0.729. The summed E-state index contributed by atoms with van der Waals surface area (Å²) in [4.78, 5) is 27.1. The summed E-state index contributed by atoms with van der Waals surface area (Å²) in [6.45, 7) is 10.0. The van der Waals surface area contributed by atoms with Crippen LogP contribution in [0.5, 0.6) is 0 Å². The van der Waals surface area contributed by atoms with Crippen LogP contribution in [-0.4, -0.2) is 65.7 Å². The predicted molar refractivity (Wildman–Crippen MR) is 73.1 cm³/mol. The summed E-state index contributed by atoms with van der Waals surface area (Å²) < 4.78 is 0. The van der Waals surface area contributed by atoms with Crippen LogP contribution < -0.4 is 5.32 Å². The summed E-state index contributed by atoms with van der Waals surface area (Å²) in [6.07, 6.45) is 0.454. The van der Waals surface area contributed by atoms with E-state index in [4.69, 9.17) is 5.11 Å². The van der Waals surface area contributed by atoms with Gasteiger partial charge in [-0.3, -0.25) is 0 Å². The number of carboxylic acid groups (broad SMARTS) is 1. The van der Waals surface area contributed by atoms with E-state index in [0.717, 1.165) is 19.6 Å². The smallest absolute Gasteiger partial charge is 0.326 e. The van der Waals surface area contributed by atoms with E-state index in [1.54, 1.807) is 4.90 Å². The average Bonchev–Trinajstić information content (AvgIpc) is 2.37. The highest BCUT2D eigenvalue weighted by Crippen LogP contribution is 2.07. The average molecular weight is 271 g/mol. The van der Waals surface area contributed by atoms with E-state index < -0.39 is 12.0 Å². The molecule has 1 heterocycles. The maximum absolute atomic E-state index is 12.0. The lowest BCUT2D eigenvalue weighted by atomic mass is 10.0. The number of carbonyl (C=O) groups is 2. The fourth-order valence-electron chi connectivity index (χ4n) is 2.20. The molecule has 1 saturated heterocycles. The summed E-state index contributed by atoms with van der Waals surface area (Å²) in [6, 6.07) is -1.06. The van der Waals surface area contributed by atoms with Gasteiger partial charge in [0.1, 0.15) is 6.04 Å². The van der Waals surface area contributed by atoms with E-state index in [9.17, 15) is 9.59 Å². The molecule has 0 bridgehead atoms. The molecule has 1 fully saturated rings. The van der Waals surface area contributed by atoms with Gasteiger partial charge in [-0.05, 0) is 18.9 Å². The Kier molecular flexibility index (Phi) is 6.08. The van der Waals surface area contributed by atoms with Gasteiger partial charge in [-0.2, -0.15) is 0 Å². The van der Waals surface area contributed by atoms with Crippen molar-refractivity contribution in [3.63, 3.8) is 0 Å². The van der Waals surface area contributed by atoms with Crippen molar-refractivity contribution in [3.05, 3.63) is 0 Å².